The minimum absolute atomic E-state index is 0.111. The molecule has 2 aromatic carbocycles. The first-order valence-corrected chi connectivity index (χ1v) is 9.11. The fourth-order valence-corrected chi connectivity index (χ4v) is 3.18. The highest BCUT2D eigenvalue weighted by atomic mass is 16.5. The number of ether oxygens (including phenoxy) is 2. The second-order valence-electron chi connectivity index (χ2n) is 6.76. The first-order chi connectivity index (χ1) is 13.4. The van der Waals surface area contributed by atoms with Crippen LogP contribution in [0.1, 0.15) is 17.5 Å². The van der Waals surface area contributed by atoms with Gasteiger partial charge in [-0.25, -0.2) is 4.79 Å². The molecule has 0 spiro atoms. The molecule has 7 heteroatoms. The van der Waals surface area contributed by atoms with E-state index in [1.54, 1.807) is 30.2 Å². The molecule has 1 unspecified atom stereocenters. The maximum Gasteiger partial charge on any atom is 0.319 e. The van der Waals surface area contributed by atoms with Crippen molar-refractivity contribution in [3.63, 3.8) is 0 Å². The second-order valence-corrected chi connectivity index (χ2v) is 6.76. The number of nitrogens with zero attached hydrogens (tertiary/aromatic N) is 1. The van der Waals surface area contributed by atoms with Crippen LogP contribution in [-0.4, -0.2) is 38.7 Å². The first kappa shape index (κ1) is 19.5. The summed E-state index contributed by atoms with van der Waals surface area (Å²) in [6.07, 6.45) is 0.554. The van der Waals surface area contributed by atoms with Gasteiger partial charge in [-0.3, -0.25) is 4.79 Å². The van der Waals surface area contributed by atoms with Gasteiger partial charge >= 0.3 is 6.03 Å². The fourth-order valence-electron chi connectivity index (χ4n) is 3.18. The predicted octanol–water partition coefficient (Wildman–Crippen LogP) is 3.25. The van der Waals surface area contributed by atoms with Crippen molar-refractivity contribution in [3.05, 3.63) is 47.5 Å². The standard InChI is InChI=1S/C21H25N3O4/c1-13-5-6-15(11-14(13)2)24-10-9-18(20(24)25)23-21(26)22-17-8-7-16(27-3)12-19(17)28-4/h5-8,11-12,18H,9-10H2,1-4H3,(H2,22,23,26). The van der Waals surface area contributed by atoms with Gasteiger partial charge in [-0.15, -0.1) is 0 Å². The Morgan fingerprint density at radius 2 is 1.86 bits per heavy atom. The van der Waals surface area contributed by atoms with Crippen LogP contribution in [-0.2, 0) is 4.79 Å². The summed E-state index contributed by atoms with van der Waals surface area (Å²) in [5.41, 5.74) is 3.66. The molecule has 2 aromatic rings. The molecule has 7 nitrogen and oxygen atoms in total. The van der Waals surface area contributed by atoms with Gasteiger partial charge in [-0.1, -0.05) is 6.07 Å². The van der Waals surface area contributed by atoms with Crippen LogP contribution in [0.25, 0.3) is 0 Å². The summed E-state index contributed by atoms with van der Waals surface area (Å²) in [5.74, 6) is 0.988. The maximum atomic E-state index is 12.7. The summed E-state index contributed by atoms with van der Waals surface area (Å²) < 4.78 is 10.4. The topological polar surface area (TPSA) is 79.9 Å². The van der Waals surface area contributed by atoms with Gasteiger partial charge in [-0.05, 0) is 55.7 Å². The molecule has 0 bridgehead atoms. The van der Waals surface area contributed by atoms with Crippen LogP contribution in [0.3, 0.4) is 0 Å². The van der Waals surface area contributed by atoms with E-state index in [1.165, 1.54) is 12.7 Å². The molecule has 1 aliphatic rings. The molecule has 1 heterocycles. The largest absolute Gasteiger partial charge is 0.497 e. The number of hydrogen-bond donors (Lipinski definition) is 2. The first-order valence-electron chi connectivity index (χ1n) is 9.11. The molecule has 148 valence electrons. The monoisotopic (exact) mass is 383 g/mol. The number of amides is 3. The average molecular weight is 383 g/mol. The summed E-state index contributed by atoms with van der Waals surface area (Å²) in [7, 11) is 3.07. The number of urea groups is 1. The average Bonchev–Trinajstić information content (AvgIpc) is 3.04. The number of methoxy groups -OCH3 is 2. The van der Waals surface area contributed by atoms with Gasteiger partial charge in [0.2, 0.25) is 5.91 Å². The van der Waals surface area contributed by atoms with Crippen molar-refractivity contribution in [2.75, 3.05) is 31.0 Å². The Hall–Kier alpha value is -3.22. The third kappa shape index (κ3) is 4.03. The van der Waals surface area contributed by atoms with E-state index in [4.69, 9.17) is 9.47 Å². The lowest BCUT2D eigenvalue weighted by Crippen LogP contribution is -2.43. The van der Waals surface area contributed by atoms with Gasteiger partial charge in [0.1, 0.15) is 17.5 Å². The lowest BCUT2D eigenvalue weighted by Gasteiger charge is -2.19. The van der Waals surface area contributed by atoms with Crippen molar-refractivity contribution in [1.82, 2.24) is 5.32 Å². The molecule has 3 rings (SSSR count). The highest BCUT2D eigenvalue weighted by Gasteiger charge is 2.33. The number of carbonyl (C=O) groups is 2. The molecular formula is C21H25N3O4. The zero-order valence-electron chi connectivity index (χ0n) is 16.5. The quantitative estimate of drug-likeness (QED) is 0.831. The number of rotatable bonds is 5. The van der Waals surface area contributed by atoms with Gasteiger partial charge < -0.3 is 25.0 Å². The molecule has 1 aliphatic heterocycles. The van der Waals surface area contributed by atoms with E-state index < -0.39 is 12.1 Å². The van der Waals surface area contributed by atoms with Crippen LogP contribution in [0.15, 0.2) is 36.4 Å². The van der Waals surface area contributed by atoms with Gasteiger partial charge in [0.25, 0.3) is 0 Å². The Bertz CT molecular complexity index is 897. The molecule has 3 amide bonds. The van der Waals surface area contributed by atoms with E-state index in [2.05, 4.69) is 10.6 Å². The Balaban J connectivity index is 1.65. The van der Waals surface area contributed by atoms with Crippen molar-refractivity contribution in [2.45, 2.75) is 26.3 Å². The van der Waals surface area contributed by atoms with Crippen LogP contribution in [0, 0.1) is 13.8 Å². The summed E-state index contributed by atoms with van der Waals surface area (Å²) in [6.45, 7) is 4.62. The van der Waals surface area contributed by atoms with Crippen LogP contribution >= 0.6 is 0 Å². The lowest BCUT2D eigenvalue weighted by molar-refractivity contribution is -0.118. The van der Waals surface area contributed by atoms with E-state index in [9.17, 15) is 9.59 Å². The Kier molecular flexibility index (Phi) is 5.73. The summed E-state index contributed by atoms with van der Waals surface area (Å²) >= 11 is 0. The van der Waals surface area contributed by atoms with Crippen molar-refractivity contribution in [2.24, 2.45) is 0 Å². The smallest absolute Gasteiger partial charge is 0.319 e. The van der Waals surface area contributed by atoms with Crippen molar-refractivity contribution >= 4 is 23.3 Å². The lowest BCUT2D eigenvalue weighted by atomic mass is 10.1. The zero-order valence-corrected chi connectivity index (χ0v) is 16.5. The Labute approximate surface area is 164 Å². The number of hydrogen-bond acceptors (Lipinski definition) is 4. The normalized spacial score (nSPS) is 16.1. The molecule has 0 saturated carbocycles. The Morgan fingerprint density at radius 1 is 1.07 bits per heavy atom. The summed E-state index contributed by atoms with van der Waals surface area (Å²) in [5, 5.41) is 5.48. The third-order valence-corrected chi connectivity index (χ3v) is 4.97. The van der Waals surface area contributed by atoms with Gasteiger partial charge in [0, 0.05) is 18.3 Å². The molecule has 1 atom stereocenters. The predicted molar refractivity (Wildman–Crippen MR) is 108 cm³/mol. The maximum absolute atomic E-state index is 12.7. The Morgan fingerprint density at radius 3 is 2.54 bits per heavy atom. The number of benzene rings is 2. The highest BCUT2D eigenvalue weighted by Crippen LogP contribution is 2.29. The summed E-state index contributed by atoms with van der Waals surface area (Å²) in [4.78, 5) is 26.9. The van der Waals surface area contributed by atoms with Crippen molar-refractivity contribution < 1.29 is 19.1 Å². The minimum atomic E-state index is -0.564. The van der Waals surface area contributed by atoms with E-state index in [0.29, 0.717) is 30.2 Å². The van der Waals surface area contributed by atoms with E-state index in [-0.39, 0.29) is 5.91 Å². The van der Waals surface area contributed by atoms with Gasteiger partial charge in [0.15, 0.2) is 0 Å². The second kappa shape index (κ2) is 8.21. The minimum Gasteiger partial charge on any atom is -0.497 e. The fraction of sp³-hybridized carbons (Fsp3) is 0.333. The number of anilines is 2. The van der Waals surface area contributed by atoms with Crippen LogP contribution in [0.2, 0.25) is 0 Å². The van der Waals surface area contributed by atoms with Gasteiger partial charge in [0.05, 0.1) is 19.9 Å². The van der Waals surface area contributed by atoms with Crippen LogP contribution in [0.4, 0.5) is 16.2 Å². The molecule has 2 N–H and O–H groups in total. The molecular weight excluding hydrogens is 358 g/mol. The molecule has 0 radical (unpaired) electrons. The highest BCUT2D eigenvalue weighted by molar-refractivity contribution is 6.02. The molecule has 1 saturated heterocycles. The third-order valence-electron chi connectivity index (χ3n) is 4.97. The van der Waals surface area contributed by atoms with E-state index in [1.807, 2.05) is 32.0 Å². The molecule has 28 heavy (non-hydrogen) atoms. The zero-order chi connectivity index (χ0) is 20.3. The number of carbonyl (C=O) groups excluding carboxylic acids is 2. The summed E-state index contributed by atoms with van der Waals surface area (Å²) in [6, 6.07) is 10.0. The molecule has 0 aliphatic carbocycles. The number of nitrogens with one attached hydrogen (secondary N) is 2. The van der Waals surface area contributed by atoms with Gasteiger partial charge in [-0.2, -0.15) is 0 Å². The number of aryl methyl sites for hydroxylation is 2. The van der Waals surface area contributed by atoms with E-state index in [0.717, 1.165) is 11.3 Å². The van der Waals surface area contributed by atoms with Crippen LogP contribution < -0.4 is 25.0 Å². The molecule has 1 fully saturated rings. The molecule has 0 aromatic heterocycles. The van der Waals surface area contributed by atoms with E-state index >= 15 is 0 Å². The van der Waals surface area contributed by atoms with Crippen LogP contribution in [0.5, 0.6) is 11.5 Å². The van der Waals surface area contributed by atoms with Crippen molar-refractivity contribution in [3.8, 4) is 11.5 Å². The van der Waals surface area contributed by atoms with Crippen molar-refractivity contribution in [1.29, 1.82) is 0 Å². The SMILES string of the molecule is COc1ccc(NC(=O)NC2CCN(c3ccc(C)c(C)c3)C2=O)c(OC)c1.